The van der Waals surface area contributed by atoms with Gasteiger partial charge in [0.2, 0.25) is 0 Å². The summed E-state index contributed by atoms with van der Waals surface area (Å²) < 4.78 is 0. The second kappa shape index (κ2) is 5.49. The van der Waals surface area contributed by atoms with E-state index in [1.165, 1.54) is 4.88 Å². The van der Waals surface area contributed by atoms with Crippen LogP contribution in [0.3, 0.4) is 0 Å². The van der Waals surface area contributed by atoms with Crippen LogP contribution < -0.4 is 5.32 Å². The van der Waals surface area contributed by atoms with Crippen molar-refractivity contribution in [2.24, 2.45) is 0 Å². The molecular formula is C12H10Cl3NS. The van der Waals surface area contributed by atoms with Gasteiger partial charge in [-0.05, 0) is 30.5 Å². The Morgan fingerprint density at radius 1 is 1.18 bits per heavy atom. The van der Waals surface area contributed by atoms with Crippen molar-refractivity contribution in [2.75, 3.05) is 5.32 Å². The second-order valence-corrected chi connectivity index (χ2v) is 5.86. The van der Waals surface area contributed by atoms with E-state index in [1.54, 1.807) is 23.5 Å². The molecule has 1 aromatic heterocycles. The maximum Gasteiger partial charge on any atom is 0.0724 e. The third-order valence-corrected chi connectivity index (χ3v) is 4.21. The number of benzene rings is 1. The Hall–Kier alpha value is -0.410. The summed E-state index contributed by atoms with van der Waals surface area (Å²) in [5.74, 6) is 0. The lowest BCUT2D eigenvalue weighted by Gasteiger charge is -2.16. The van der Waals surface area contributed by atoms with Crippen LogP contribution in [-0.2, 0) is 0 Å². The Balaban J connectivity index is 2.25. The predicted octanol–water partition coefficient (Wildman–Crippen LogP) is 5.88. The molecule has 0 aliphatic rings. The van der Waals surface area contributed by atoms with E-state index in [2.05, 4.69) is 18.3 Å². The lowest BCUT2D eigenvalue weighted by atomic mass is 10.2. The zero-order chi connectivity index (χ0) is 12.4. The van der Waals surface area contributed by atoms with E-state index in [-0.39, 0.29) is 6.04 Å². The minimum absolute atomic E-state index is 0.158. The first-order valence-electron chi connectivity index (χ1n) is 5.02. The fraction of sp³-hybridized carbons (Fsp3) is 0.167. The highest BCUT2D eigenvalue weighted by Gasteiger charge is 2.12. The molecule has 1 unspecified atom stereocenters. The molecule has 0 aliphatic carbocycles. The third kappa shape index (κ3) is 3.08. The topological polar surface area (TPSA) is 12.0 Å². The number of thiophene rings is 1. The fourth-order valence-corrected chi connectivity index (χ4v) is 3.17. The normalized spacial score (nSPS) is 12.5. The van der Waals surface area contributed by atoms with E-state index >= 15 is 0 Å². The van der Waals surface area contributed by atoms with Gasteiger partial charge in [-0.25, -0.2) is 0 Å². The van der Waals surface area contributed by atoms with Crippen molar-refractivity contribution in [3.05, 3.63) is 49.6 Å². The molecule has 90 valence electrons. The predicted molar refractivity (Wildman–Crippen MR) is 77.8 cm³/mol. The number of anilines is 1. The highest BCUT2D eigenvalue weighted by atomic mass is 35.5. The SMILES string of the molecule is CC(Nc1c(Cl)cc(Cl)cc1Cl)c1cccs1. The number of rotatable bonds is 3. The van der Waals surface area contributed by atoms with Crippen LogP contribution in [0.5, 0.6) is 0 Å². The van der Waals surface area contributed by atoms with Crippen LogP contribution >= 0.6 is 46.1 Å². The van der Waals surface area contributed by atoms with Crippen molar-refractivity contribution in [2.45, 2.75) is 13.0 Å². The minimum Gasteiger partial charge on any atom is -0.375 e. The molecular weight excluding hydrogens is 297 g/mol. The maximum atomic E-state index is 6.11. The molecule has 0 amide bonds. The van der Waals surface area contributed by atoms with Crippen LogP contribution in [0.2, 0.25) is 15.1 Å². The molecule has 0 saturated heterocycles. The average Bonchev–Trinajstić information content (AvgIpc) is 2.76. The molecule has 1 heterocycles. The molecule has 0 aliphatic heterocycles. The van der Waals surface area contributed by atoms with Gasteiger partial charge < -0.3 is 5.32 Å². The summed E-state index contributed by atoms with van der Waals surface area (Å²) in [6.45, 7) is 2.06. The van der Waals surface area contributed by atoms with Gasteiger partial charge in [-0.1, -0.05) is 40.9 Å². The number of halogens is 3. The van der Waals surface area contributed by atoms with Crippen LogP contribution in [0, 0.1) is 0 Å². The summed E-state index contributed by atoms with van der Waals surface area (Å²) in [6, 6.07) is 7.60. The zero-order valence-corrected chi connectivity index (χ0v) is 12.1. The quantitative estimate of drug-likeness (QED) is 0.746. The Labute approximate surface area is 119 Å². The van der Waals surface area contributed by atoms with Crippen molar-refractivity contribution in [3.63, 3.8) is 0 Å². The summed E-state index contributed by atoms with van der Waals surface area (Å²) in [4.78, 5) is 1.23. The van der Waals surface area contributed by atoms with Crippen molar-refractivity contribution >= 4 is 51.8 Å². The van der Waals surface area contributed by atoms with Crippen molar-refractivity contribution in [1.29, 1.82) is 0 Å². The number of hydrogen-bond donors (Lipinski definition) is 1. The molecule has 0 radical (unpaired) electrons. The summed E-state index contributed by atoms with van der Waals surface area (Å²) in [7, 11) is 0. The summed E-state index contributed by atoms with van der Waals surface area (Å²) >= 11 is 19.8. The Bertz CT molecular complexity index is 487. The molecule has 0 fully saturated rings. The minimum atomic E-state index is 0.158. The molecule has 2 aromatic rings. The van der Waals surface area contributed by atoms with Gasteiger partial charge in [-0.15, -0.1) is 11.3 Å². The second-order valence-electron chi connectivity index (χ2n) is 3.63. The van der Waals surface area contributed by atoms with Crippen LogP contribution in [-0.4, -0.2) is 0 Å². The van der Waals surface area contributed by atoms with Crippen LogP contribution in [0.15, 0.2) is 29.6 Å². The van der Waals surface area contributed by atoms with Gasteiger partial charge in [-0.3, -0.25) is 0 Å². The largest absolute Gasteiger partial charge is 0.375 e. The first kappa shape index (κ1) is 13.0. The molecule has 0 spiro atoms. The maximum absolute atomic E-state index is 6.11. The molecule has 0 saturated carbocycles. The molecule has 1 N–H and O–H groups in total. The molecule has 0 bridgehead atoms. The monoisotopic (exact) mass is 305 g/mol. The van der Waals surface area contributed by atoms with Crippen LogP contribution in [0.1, 0.15) is 17.8 Å². The summed E-state index contributed by atoms with van der Waals surface area (Å²) in [5, 5.41) is 6.94. The third-order valence-electron chi connectivity index (χ3n) is 2.34. The highest BCUT2D eigenvalue weighted by Crippen LogP contribution is 2.36. The molecule has 17 heavy (non-hydrogen) atoms. The van der Waals surface area contributed by atoms with Gasteiger partial charge in [-0.2, -0.15) is 0 Å². The van der Waals surface area contributed by atoms with Crippen LogP contribution in [0.25, 0.3) is 0 Å². The number of hydrogen-bond acceptors (Lipinski definition) is 2. The molecule has 1 atom stereocenters. The lowest BCUT2D eigenvalue weighted by Crippen LogP contribution is -2.05. The zero-order valence-electron chi connectivity index (χ0n) is 9.01. The number of nitrogens with one attached hydrogen (secondary N) is 1. The van der Waals surface area contributed by atoms with Crippen molar-refractivity contribution < 1.29 is 0 Å². The van der Waals surface area contributed by atoms with E-state index in [0.717, 1.165) is 5.69 Å². The van der Waals surface area contributed by atoms with Gasteiger partial charge in [0.05, 0.1) is 21.8 Å². The van der Waals surface area contributed by atoms with E-state index in [4.69, 9.17) is 34.8 Å². The summed E-state index contributed by atoms with van der Waals surface area (Å²) in [6.07, 6.45) is 0. The van der Waals surface area contributed by atoms with E-state index in [9.17, 15) is 0 Å². The lowest BCUT2D eigenvalue weighted by molar-refractivity contribution is 0.908. The molecule has 5 heteroatoms. The van der Waals surface area contributed by atoms with Crippen molar-refractivity contribution in [3.8, 4) is 0 Å². The molecule has 1 nitrogen and oxygen atoms in total. The first-order valence-corrected chi connectivity index (χ1v) is 7.04. The van der Waals surface area contributed by atoms with Gasteiger partial charge >= 0.3 is 0 Å². The van der Waals surface area contributed by atoms with Crippen molar-refractivity contribution in [1.82, 2.24) is 0 Å². The van der Waals surface area contributed by atoms with Gasteiger partial charge in [0.1, 0.15) is 0 Å². The Morgan fingerprint density at radius 2 is 1.82 bits per heavy atom. The van der Waals surface area contributed by atoms with E-state index in [1.807, 2.05) is 11.4 Å². The van der Waals surface area contributed by atoms with Gasteiger partial charge in [0.25, 0.3) is 0 Å². The van der Waals surface area contributed by atoms with Crippen LogP contribution in [0.4, 0.5) is 5.69 Å². The van der Waals surface area contributed by atoms with E-state index in [0.29, 0.717) is 15.1 Å². The Morgan fingerprint density at radius 3 is 2.35 bits per heavy atom. The molecule has 1 aromatic carbocycles. The smallest absolute Gasteiger partial charge is 0.0724 e. The molecule has 2 rings (SSSR count). The highest BCUT2D eigenvalue weighted by molar-refractivity contribution is 7.10. The standard InChI is InChI=1S/C12H10Cl3NS/c1-7(11-3-2-4-17-11)16-12-9(14)5-8(13)6-10(12)15/h2-7,16H,1H3. The average molecular weight is 307 g/mol. The Kier molecular flexibility index (Phi) is 4.21. The fourth-order valence-electron chi connectivity index (χ4n) is 1.51. The van der Waals surface area contributed by atoms with E-state index < -0.39 is 0 Å². The van der Waals surface area contributed by atoms with Gasteiger partial charge in [0, 0.05) is 9.90 Å². The van der Waals surface area contributed by atoms with Gasteiger partial charge in [0.15, 0.2) is 0 Å². The summed E-state index contributed by atoms with van der Waals surface area (Å²) in [5.41, 5.74) is 0.721. The first-order chi connectivity index (χ1) is 8.08.